The van der Waals surface area contributed by atoms with Crippen molar-refractivity contribution in [3.8, 4) is 17.2 Å². The molecule has 5 rings (SSSR count). The van der Waals surface area contributed by atoms with E-state index in [2.05, 4.69) is 22.4 Å². The van der Waals surface area contributed by atoms with Gasteiger partial charge >= 0.3 is 6.09 Å². The van der Waals surface area contributed by atoms with E-state index < -0.39 is 28.9 Å². The molecular weight excluding hydrogens is 648 g/mol. The molecule has 11 heteroatoms. The highest BCUT2D eigenvalue weighted by Gasteiger charge is 2.44. The lowest BCUT2D eigenvalue weighted by molar-refractivity contribution is -0.140. The van der Waals surface area contributed by atoms with Crippen LogP contribution in [0.25, 0.3) is 0 Å². The maximum atomic E-state index is 14.3. The Morgan fingerprint density at radius 3 is 2.22 bits per heavy atom. The van der Waals surface area contributed by atoms with Crippen molar-refractivity contribution in [1.82, 2.24) is 20.1 Å². The number of benzene rings is 2. The van der Waals surface area contributed by atoms with Crippen molar-refractivity contribution in [2.24, 2.45) is 11.8 Å². The molecule has 3 aromatic rings. The fraction of sp³-hybridized carbons (Fsp3) is 0.500. The first kappa shape index (κ1) is 37.6. The molecule has 3 heterocycles. The third-order valence-electron chi connectivity index (χ3n) is 9.69. The Balaban J connectivity index is 1.40. The summed E-state index contributed by atoms with van der Waals surface area (Å²) in [6.45, 7) is 9.33. The summed E-state index contributed by atoms with van der Waals surface area (Å²) >= 11 is 0. The van der Waals surface area contributed by atoms with E-state index in [1.807, 2.05) is 55.5 Å². The van der Waals surface area contributed by atoms with Crippen molar-refractivity contribution < 1.29 is 33.3 Å². The van der Waals surface area contributed by atoms with Crippen molar-refractivity contribution in [2.75, 3.05) is 47.0 Å². The SMILES string of the molecule is CCN(Cc1ccc(OC)cn1)C(=O)[C@@H]1C[C@H](C(=O)NCC2(CCCCOC)c3ccccc3Oc3ccccc32)CN(C(=O)OC(C)(C)C)C1. The van der Waals surface area contributed by atoms with E-state index in [1.165, 1.54) is 4.90 Å². The molecule has 1 aromatic heterocycles. The first-order chi connectivity index (χ1) is 24.5. The number of carbonyl (C=O) groups excluding carboxylic acids is 3. The maximum Gasteiger partial charge on any atom is 0.410 e. The minimum Gasteiger partial charge on any atom is -0.495 e. The third kappa shape index (κ3) is 9.00. The molecule has 1 fully saturated rings. The van der Waals surface area contributed by atoms with Crippen LogP contribution in [-0.4, -0.2) is 85.3 Å². The Hall–Kier alpha value is -4.64. The number of ether oxygens (including phenoxy) is 4. The van der Waals surface area contributed by atoms with Gasteiger partial charge in [-0.2, -0.15) is 0 Å². The van der Waals surface area contributed by atoms with Gasteiger partial charge in [-0.1, -0.05) is 36.4 Å². The van der Waals surface area contributed by atoms with Crippen molar-refractivity contribution in [1.29, 1.82) is 0 Å². The van der Waals surface area contributed by atoms with E-state index in [0.29, 0.717) is 44.1 Å². The predicted octanol–water partition coefficient (Wildman–Crippen LogP) is 6.34. The molecule has 2 aliphatic heterocycles. The van der Waals surface area contributed by atoms with Gasteiger partial charge in [0.25, 0.3) is 0 Å². The Morgan fingerprint density at radius 2 is 1.63 bits per heavy atom. The van der Waals surface area contributed by atoms with Crippen LogP contribution < -0.4 is 14.8 Å². The van der Waals surface area contributed by atoms with Gasteiger partial charge in [0.2, 0.25) is 11.8 Å². The number of nitrogens with zero attached hydrogens (tertiary/aromatic N) is 3. The summed E-state index contributed by atoms with van der Waals surface area (Å²) in [6.07, 6.45) is 3.88. The Bertz CT molecular complexity index is 1610. The summed E-state index contributed by atoms with van der Waals surface area (Å²) in [6, 6.07) is 19.6. The van der Waals surface area contributed by atoms with E-state index in [-0.39, 0.29) is 24.9 Å². The summed E-state index contributed by atoms with van der Waals surface area (Å²) in [5.74, 6) is 0.584. The van der Waals surface area contributed by atoms with Crippen molar-refractivity contribution >= 4 is 17.9 Å². The molecule has 0 spiro atoms. The largest absolute Gasteiger partial charge is 0.495 e. The smallest absolute Gasteiger partial charge is 0.410 e. The van der Waals surface area contributed by atoms with Crippen LogP contribution in [0.5, 0.6) is 17.2 Å². The van der Waals surface area contributed by atoms with Crippen LogP contribution in [0.4, 0.5) is 4.79 Å². The molecule has 2 aliphatic rings. The van der Waals surface area contributed by atoms with Crippen LogP contribution in [0.1, 0.15) is 70.2 Å². The second-order valence-electron chi connectivity index (χ2n) is 14.4. The molecule has 0 unspecified atom stereocenters. The molecule has 51 heavy (non-hydrogen) atoms. The normalized spacial score (nSPS) is 17.7. The number of fused-ring (bicyclic) bond motifs is 2. The maximum absolute atomic E-state index is 14.3. The van der Waals surface area contributed by atoms with Gasteiger partial charge in [-0.3, -0.25) is 14.6 Å². The molecule has 274 valence electrons. The first-order valence-corrected chi connectivity index (χ1v) is 17.9. The number of pyridine rings is 1. The van der Waals surface area contributed by atoms with Crippen LogP contribution >= 0.6 is 0 Å². The number of hydrogen-bond donors (Lipinski definition) is 1. The molecule has 0 bridgehead atoms. The number of carbonyl (C=O) groups is 3. The number of unbranched alkanes of at least 4 members (excludes halogenated alkanes) is 1. The quantitative estimate of drug-likeness (QED) is 0.205. The molecule has 1 saturated heterocycles. The van der Waals surface area contributed by atoms with Gasteiger partial charge < -0.3 is 34.1 Å². The highest BCUT2D eigenvalue weighted by Crippen LogP contribution is 2.50. The number of aromatic nitrogens is 1. The van der Waals surface area contributed by atoms with E-state index in [0.717, 1.165) is 41.9 Å². The Kier molecular flexibility index (Phi) is 12.2. The topological polar surface area (TPSA) is 120 Å². The van der Waals surface area contributed by atoms with Crippen LogP contribution in [0.15, 0.2) is 66.9 Å². The van der Waals surface area contributed by atoms with Crippen molar-refractivity contribution in [3.05, 3.63) is 83.7 Å². The van der Waals surface area contributed by atoms with Crippen LogP contribution in [0.2, 0.25) is 0 Å². The molecular formula is C40H52N4O7. The van der Waals surface area contributed by atoms with E-state index in [4.69, 9.17) is 18.9 Å². The lowest BCUT2D eigenvalue weighted by Gasteiger charge is -2.42. The second-order valence-corrected chi connectivity index (χ2v) is 14.4. The average Bonchev–Trinajstić information content (AvgIpc) is 3.13. The number of likely N-dealkylation sites (tertiary alicyclic amines) is 1. The van der Waals surface area contributed by atoms with Gasteiger partial charge in [-0.05, 0) is 77.6 Å². The highest BCUT2D eigenvalue weighted by atomic mass is 16.6. The minimum absolute atomic E-state index is 0.136. The standard InChI is InChI=1S/C40H52N4O7/c1-7-43(26-30-18-19-31(49-6)23-41-30)37(46)29-22-28(24-44(25-29)38(47)51-39(2,3)4)36(45)42-27-40(20-12-13-21-48-5)32-14-8-10-16-34(32)50-35-17-11-9-15-33(35)40/h8-11,14-19,23,28-29H,7,12-13,20-22,24-27H2,1-6H3,(H,42,45)/t28-,29+/m0/s1. The molecule has 0 aliphatic carbocycles. The number of para-hydroxylation sites is 2. The average molecular weight is 701 g/mol. The van der Waals surface area contributed by atoms with Crippen LogP contribution in [0.3, 0.4) is 0 Å². The number of methoxy groups -OCH3 is 2. The number of rotatable bonds is 13. The lowest BCUT2D eigenvalue weighted by atomic mass is 9.69. The fourth-order valence-corrected chi connectivity index (χ4v) is 7.14. The van der Waals surface area contributed by atoms with Gasteiger partial charge in [-0.25, -0.2) is 4.79 Å². The van der Waals surface area contributed by atoms with Gasteiger partial charge in [0.1, 0.15) is 22.8 Å². The summed E-state index contributed by atoms with van der Waals surface area (Å²) in [5.41, 5.74) is 1.44. The number of hydrogen-bond acceptors (Lipinski definition) is 8. The lowest BCUT2D eigenvalue weighted by Crippen LogP contribution is -2.54. The van der Waals surface area contributed by atoms with Gasteiger partial charge in [-0.15, -0.1) is 0 Å². The van der Waals surface area contributed by atoms with Crippen LogP contribution in [-0.2, 0) is 31.0 Å². The zero-order valence-corrected chi connectivity index (χ0v) is 30.8. The fourth-order valence-electron chi connectivity index (χ4n) is 7.14. The predicted molar refractivity (Wildman–Crippen MR) is 194 cm³/mol. The number of piperidine rings is 1. The zero-order chi connectivity index (χ0) is 36.6. The summed E-state index contributed by atoms with van der Waals surface area (Å²) in [7, 11) is 3.28. The third-order valence-corrected chi connectivity index (χ3v) is 9.69. The van der Waals surface area contributed by atoms with E-state index >= 15 is 0 Å². The second kappa shape index (κ2) is 16.6. The molecule has 0 saturated carbocycles. The molecule has 11 nitrogen and oxygen atoms in total. The van der Waals surface area contributed by atoms with Gasteiger partial charge in [0, 0.05) is 56.4 Å². The van der Waals surface area contributed by atoms with E-state index in [1.54, 1.807) is 46.1 Å². The Labute approximate surface area is 301 Å². The summed E-state index contributed by atoms with van der Waals surface area (Å²) in [4.78, 5) is 49.6. The minimum atomic E-state index is -0.736. The molecule has 2 aromatic carbocycles. The molecule has 3 amide bonds. The van der Waals surface area contributed by atoms with Crippen LogP contribution in [0, 0.1) is 11.8 Å². The van der Waals surface area contributed by atoms with Crippen molar-refractivity contribution in [2.45, 2.75) is 70.9 Å². The number of nitrogens with one attached hydrogen (secondary N) is 1. The summed E-state index contributed by atoms with van der Waals surface area (Å²) < 4.78 is 22.7. The number of amides is 3. The first-order valence-electron chi connectivity index (χ1n) is 17.9. The highest BCUT2D eigenvalue weighted by molar-refractivity contribution is 5.84. The van der Waals surface area contributed by atoms with E-state index in [9.17, 15) is 14.4 Å². The van der Waals surface area contributed by atoms with Gasteiger partial charge in [0.05, 0.1) is 37.4 Å². The molecule has 1 N–H and O–H groups in total. The van der Waals surface area contributed by atoms with Crippen molar-refractivity contribution in [3.63, 3.8) is 0 Å². The Morgan fingerprint density at radius 1 is 0.961 bits per heavy atom. The monoisotopic (exact) mass is 700 g/mol. The summed E-state index contributed by atoms with van der Waals surface area (Å²) in [5, 5.41) is 3.30. The molecule has 2 atom stereocenters. The molecule has 0 radical (unpaired) electrons. The van der Waals surface area contributed by atoms with Gasteiger partial charge in [0.15, 0.2) is 0 Å². The zero-order valence-electron chi connectivity index (χ0n) is 30.8.